The van der Waals surface area contributed by atoms with Gasteiger partial charge in [0, 0.05) is 77.2 Å². The summed E-state index contributed by atoms with van der Waals surface area (Å²) < 4.78 is 60.7. The molecule has 1 spiro atoms. The lowest BCUT2D eigenvalue weighted by molar-refractivity contribution is -0.149. The fraction of sp³-hybridized carbons (Fsp3) is 0.667. The maximum absolute atomic E-state index is 15.8. The van der Waals surface area contributed by atoms with Gasteiger partial charge in [0.2, 0.25) is 0 Å². The SMILES string of the molecule is CC1=NC2(CCN(C(=O)C3(F)CCN(CC4CCOCC4)CC3)CC2)N=C1c1cccc(C(F)(F)F)c1. The molecule has 1 aromatic rings. The van der Waals surface area contributed by atoms with Gasteiger partial charge in [-0.1, -0.05) is 12.1 Å². The summed E-state index contributed by atoms with van der Waals surface area (Å²) in [5.41, 5.74) is -1.97. The van der Waals surface area contributed by atoms with Gasteiger partial charge >= 0.3 is 6.18 Å². The second-order valence-corrected chi connectivity index (χ2v) is 10.8. The zero-order valence-electron chi connectivity index (χ0n) is 21.2. The van der Waals surface area contributed by atoms with Gasteiger partial charge < -0.3 is 14.5 Å². The lowest BCUT2D eigenvalue weighted by atomic mass is 9.89. The predicted octanol–water partition coefficient (Wildman–Crippen LogP) is 4.52. The largest absolute Gasteiger partial charge is 0.416 e. The van der Waals surface area contributed by atoms with Crippen LogP contribution in [0, 0.1) is 5.92 Å². The lowest BCUT2D eigenvalue weighted by Gasteiger charge is -2.42. The van der Waals surface area contributed by atoms with Crippen molar-refractivity contribution < 1.29 is 27.1 Å². The van der Waals surface area contributed by atoms with Crippen LogP contribution in [0.3, 0.4) is 0 Å². The van der Waals surface area contributed by atoms with Crippen LogP contribution >= 0.6 is 0 Å². The van der Waals surface area contributed by atoms with Crippen molar-refractivity contribution in [2.45, 2.75) is 63.0 Å². The standard InChI is InChI=1S/C27H34F4N4O2/c1-19-23(21-3-2-4-22(17-21)27(29,30)31)33-26(32-19)9-13-35(14-10-26)24(36)25(28)7-11-34(12-8-25)18-20-5-15-37-16-6-20/h2-4,17,20H,5-16,18H2,1H3. The monoisotopic (exact) mass is 522 g/mol. The predicted molar refractivity (Wildman–Crippen MR) is 133 cm³/mol. The number of halogens is 4. The van der Waals surface area contributed by atoms with Crippen LogP contribution in [0.15, 0.2) is 34.3 Å². The molecule has 4 aliphatic heterocycles. The number of ether oxygens (including phenoxy) is 1. The molecule has 4 heterocycles. The number of amides is 1. The van der Waals surface area contributed by atoms with Crippen molar-refractivity contribution in [1.82, 2.24) is 9.80 Å². The Morgan fingerprint density at radius 3 is 2.38 bits per heavy atom. The van der Waals surface area contributed by atoms with Crippen LogP contribution in [0.5, 0.6) is 0 Å². The first-order chi connectivity index (χ1) is 17.6. The summed E-state index contributed by atoms with van der Waals surface area (Å²) in [5, 5.41) is 0. The van der Waals surface area contributed by atoms with E-state index in [-0.39, 0.29) is 12.8 Å². The van der Waals surface area contributed by atoms with E-state index in [4.69, 9.17) is 14.7 Å². The molecule has 0 bridgehead atoms. The fourth-order valence-electron chi connectivity index (χ4n) is 5.97. The van der Waals surface area contributed by atoms with Gasteiger partial charge in [-0.2, -0.15) is 13.2 Å². The molecule has 5 rings (SSSR count). The number of benzene rings is 1. The van der Waals surface area contributed by atoms with Crippen molar-refractivity contribution in [3.63, 3.8) is 0 Å². The Morgan fingerprint density at radius 2 is 1.73 bits per heavy atom. The van der Waals surface area contributed by atoms with Gasteiger partial charge in [0.1, 0.15) is 0 Å². The summed E-state index contributed by atoms with van der Waals surface area (Å²) >= 11 is 0. The minimum Gasteiger partial charge on any atom is -0.381 e. The molecule has 202 valence electrons. The Balaban J connectivity index is 1.19. The van der Waals surface area contributed by atoms with Gasteiger partial charge in [0.05, 0.1) is 17.0 Å². The van der Waals surface area contributed by atoms with Gasteiger partial charge in [-0.05, 0) is 37.8 Å². The number of aliphatic imine (C=N–C) groups is 2. The second kappa shape index (κ2) is 10.1. The van der Waals surface area contributed by atoms with Gasteiger partial charge in [-0.3, -0.25) is 14.8 Å². The molecule has 0 aromatic heterocycles. The smallest absolute Gasteiger partial charge is 0.381 e. The first-order valence-electron chi connectivity index (χ1n) is 13.2. The number of carbonyl (C=O) groups is 1. The first-order valence-corrected chi connectivity index (χ1v) is 13.2. The third-order valence-corrected chi connectivity index (χ3v) is 8.24. The van der Waals surface area contributed by atoms with Crippen molar-refractivity contribution in [1.29, 1.82) is 0 Å². The minimum atomic E-state index is -4.44. The molecular weight excluding hydrogens is 488 g/mol. The van der Waals surface area contributed by atoms with Crippen LogP contribution < -0.4 is 0 Å². The third kappa shape index (κ3) is 5.60. The molecule has 1 amide bonds. The maximum atomic E-state index is 15.8. The molecule has 0 atom stereocenters. The highest BCUT2D eigenvalue weighted by Crippen LogP contribution is 2.37. The number of alkyl halides is 4. The van der Waals surface area contributed by atoms with E-state index in [0.29, 0.717) is 61.9 Å². The topological polar surface area (TPSA) is 57.5 Å². The Morgan fingerprint density at radius 1 is 1.05 bits per heavy atom. The van der Waals surface area contributed by atoms with Crippen molar-refractivity contribution in [2.75, 3.05) is 45.9 Å². The summed E-state index contributed by atoms with van der Waals surface area (Å²) in [5.74, 6) is 0.125. The molecule has 10 heteroatoms. The van der Waals surface area contributed by atoms with Gasteiger partial charge in [0.15, 0.2) is 11.3 Å². The molecule has 6 nitrogen and oxygen atoms in total. The van der Waals surface area contributed by atoms with E-state index in [2.05, 4.69) is 4.90 Å². The van der Waals surface area contributed by atoms with Crippen molar-refractivity contribution in [3.8, 4) is 0 Å². The quantitative estimate of drug-likeness (QED) is 0.547. The van der Waals surface area contributed by atoms with E-state index in [9.17, 15) is 18.0 Å². The Labute approximate surface area is 214 Å². The second-order valence-electron chi connectivity index (χ2n) is 10.8. The molecule has 0 saturated carbocycles. The highest BCUT2D eigenvalue weighted by Gasteiger charge is 2.47. The number of likely N-dealkylation sites (tertiary alicyclic amines) is 2. The van der Waals surface area contributed by atoms with E-state index in [0.717, 1.165) is 44.7 Å². The molecule has 0 N–H and O–H groups in total. The Kier molecular flexibility index (Phi) is 7.17. The average molecular weight is 523 g/mol. The van der Waals surface area contributed by atoms with Gasteiger partial charge in [-0.25, -0.2) is 4.39 Å². The van der Waals surface area contributed by atoms with E-state index in [1.165, 1.54) is 6.07 Å². The molecule has 0 unspecified atom stereocenters. The zero-order valence-corrected chi connectivity index (χ0v) is 21.2. The fourth-order valence-corrected chi connectivity index (χ4v) is 5.97. The van der Waals surface area contributed by atoms with Crippen molar-refractivity contribution in [3.05, 3.63) is 35.4 Å². The van der Waals surface area contributed by atoms with Crippen LogP contribution in [0.2, 0.25) is 0 Å². The molecule has 3 saturated heterocycles. The Bertz CT molecular complexity index is 1060. The highest BCUT2D eigenvalue weighted by atomic mass is 19.4. The van der Waals surface area contributed by atoms with Crippen LogP contribution in [0.25, 0.3) is 0 Å². The van der Waals surface area contributed by atoms with Crippen molar-refractivity contribution in [2.24, 2.45) is 15.9 Å². The maximum Gasteiger partial charge on any atom is 0.416 e. The molecule has 0 aliphatic carbocycles. The summed E-state index contributed by atoms with van der Waals surface area (Å²) in [4.78, 5) is 26.5. The first kappa shape index (κ1) is 26.3. The van der Waals surface area contributed by atoms with Crippen LogP contribution in [-0.2, 0) is 15.7 Å². The molecule has 4 aliphatic rings. The number of piperidine rings is 2. The van der Waals surface area contributed by atoms with Gasteiger partial charge in [0.25, 0.3) is 5.91 Å². The molecule has 0 radical (unpaired) electrons. The summed E-state index contributed by atoms with van der Waals surface area (Å²) in [6.07, 6.45) is -1.13. The Hall–Kier alpha value is -2.33. The highest BCUT2D eigenvalue weighted by molar-refractivity contribution is 6.48. The summed E-state index contributed by atoms with van der Waals surface area (Å²) in [7, 11) is 0. The average Bonchev–Trinajstić information content (AvgIpc) is 3.21. The van der Waals surface area contributed by atoms with Gasteiger partial charge in [-0.15, -0.1) is 0 Å². The molecular formula is C27H34F4N4O2. The molecule has 37 heavy (non-hydrogen) atoms. The normalized spacial score (nSPS) is 24.7. The zero-order chi connectivity index (χ0) is 26.3. The van der Waals surface area contributed by atoms with E-state index in [1.54, 1.807) is 17.9 Å². The summed E-state index contributed by atoms with van der Waals surface area (Å²) in [6.45, 7) is 6.06. The number of hydrogen-bond donors (Lipinski definition) is 0. The van der Waals surface area contributed by atoms with Crippen molar-refractivity contribution >= 4 is 17.3 Å². The third-order valence-electron chi connectivity index (χ3n) is 8.24. The number of rotatable bonds is 4. The minimum absolute atomic E-state index is 0.200. The number of hydrogen-bond acceptors (Lipinski definition) is 5. The number of carbonyl (C=O) groups excluding carboxylic acids is 1. The van der Waals surface area contributed by atoms with Crippen LogP contribution in [-0.4, -0.2) is 84.4 Å². The molecule has 1 aromatic carbocycles. The van der Waals surface area contributed by atoms with Crippen LogP contribution in [0.1, 0.15) is 56.6 Å². The van der Waals surface area contributed by atoms with E-state index >= 15 is 4.39 Å². The molecule has 3 fully saturated rings. The van der Waals surface area contributed by atoms with Crippen LogP contribution in [0.4, 0.5) is 17.6 Å². The van der Waals surface area contributed by atoms with E-state index < -0.39 is 29.0 Å². The summed E-state index contributed by atoms with van der Waals surface area (Å²) in [6, 6.07) is 5.10. The van der Waals surface area contributed by atoms with E-state index in [1.807, 2.05) is 0 Å². The number of nitrogens with zero attached hydrogens (tertiary/aromatic N) is 4. The lowest BCUT2D eigenvalue weighted by Crippen LogP contribution is -2.55.